The minimum absolute atomic E-state index is 0.670. The van der Waals surface area contributed by atoms with Gasteiger partial charge in [-0.3, -0.25) is 0 Å². The number of rotatable bonds is 2. The van der Waals surface area contributed by atoms with E-state index in [9.17, 15) is 0 Å². The maximum absolute atomic E-state index is 4.10. The second kappa shape index (κ2) is 5.37. The van der Waals surface area contributed by atoms with Gasteiger partial charge in [-0.2, -0.15) is 15.4 Å². The third-order valence-electron chi connectivity index (χ3n) is 1.81. The highest BCUT2D eigenvalue weighted by Crippen LogP contribution is 2.01. The summed E-state index contributed by atoms with van der Waals surface area (Å²) in [6, 6.07) is 0. The van der Waals surface area contributed by atoms with Crippen molar-refractivity contribution in [3.63, 3.8) is 0 Å². The number of aromatic nitrogens is 5. The molecule has 0 aliphatic heterocycles. The first kappa shape index (κ1) is 10.8. The van der Waals surface area contributed by atoms with Gasteiger partial charge in [0.25, 0.3) is 0 Å². The SMILES string of the molecule is Brc1cnc(C#CCCc2cn[nH]n2)cn1. The molecule has 0 saturated carbocycles. The van der Waals surface area contributed by atoms with E-state index < -0.39 is 0 Å². The van der Waals surface area contributed by atoms with Crippen molar-refractivity contribution < 1.29 is 0 Å². The van der Waals surface area contributed by atoms with Crippen molar-refractivity contribution in [1.29, 1.82) is 0 Å². The molecular formula is C10H8BrN5. The minimum atomic E-state index is 0.670. The quantitative estimate of drug-likeness (QED) is 0.842. The van der Waals surface area contributed by atoms with Gasteiger partial charge in [0.05, 0.1) is 24.3 Å². The van der Waals surface area contributed by atoms with Gasteiger partial charge in [0.2, 0.25) is 0 Å². The van der Waals surface area contributed by atoms with Crippen molar-refractivity contribution in [3.8, 4) is 11.8 Å². The third-order valence-corrected chi connectivity index (χ3v) is 2.22. The van der Waals surface area contributed by atoms with Gasteiger partial charge in [0.15, 0.2) is 0 Å². The monoisotopic (exact) mass is 277 g/mol. The molecular weight excluding hydrogens is 270 g/mol. The van der Waals surface area contributed by atoms with E-state index >= 15 is 0 Å². The molecule has 0 amide bonds. The Kier molecular flexibility index (Phi) is 3.62. The Hall–Kier alpha value is -1.74. The average molecular weight is 278 g/mol. The average Bonchev–Trinajstić information content (AvgIpc) is 2.80. The van der Waals surface area contributed by atoms with E-state index in [0.717, 1.165) is 18.5 Å². The second-order valence-electron chi connectivity index (χ2n) is 2.99. The smallest absolute Gasteiger partial charge is 0.131 e. The standard InChI is InChI=1S/C10H8BrN5/c11-10-7-12-8(5-13-10)3-1-2-4-9-6-14-16-15-9/h5-7H,2,4H2,(H,14,15,16). The Morgan fingerprint density at radius 2 is 2.19 bits per heavy atom. The summed E-state index contributed by atoms with van der Waals surface area (Å²) in [4.78, 5) is 8.13. The van der Waals surface area contributed by atoms with E-state index in [1.54, 1.807) is 18.6 Å². The van der Waals surface area contributed by atoms with Crippen LogP contribution in [0.1, 0.15) is 17.8 Å². The van der Waals surface area contributed by atoms with Crippen LogP contribution in [0.15, 0.2) is 23.2 Å². The largest absolute Gasteiger partial charge is 0.245 e. The molecule has 0 radical (unpaired) electrons. The zero-order chi connectivity index (χ0) is 11.2. The number of nitrogens with zero attached hydrogens (tertiary/aromatic N) is 4. The molecule has 16 heavy (non-hydrogen) atoms. The van der Waals surface area contributed by atoms with Crippen LogP contribution in [-0.4, -0.2) is 25.4 Å². The molecule has 0 aliphatic carbocycles. The molecule has 1 N–H and O–H groups in total. The van der Waals surface area contributed by atoms with Crippen LogP contribution in [0.4, 0.5) is 0 Å². The van der Waals surface area contributed by atoms with Gasteiger partial charge in [-0.15, -0.1) is 0 Å². The molecule has 0 unspecified atom stereocenters. The van der Waals surface area contributed by atoms with E-state index in [2.05, 4.69) is 53.1 Å². The molecule has 0 aromatic carbocycles. The van der Waals surface area contributed by atoms with E-state index in [-0.39, 0.29) is 0 Å². The van der Waals surface area contributed by atoms with Crippen LogP contribution in [0, 0.1) is 11.8 Å². The van der Waals surface area contributed by atoms with Gasteiger partial charge in [0, 0.05) is 12.8 Å². The van der Waals surface area contributed by atoms with Crippen molar-refractivity contribution in [2.75, 3.05) is 0 Å². The van der Waals surface area contributed by atoms with E-state index in [1.165, 1.54) is 0 Å². The molecule has 0 spiro atoms. The number of aromatic amines is 1. The summed E-state index contributed by atoms with van der Waals surface area (Å²) < 4.78 is 0.709. The molecule has 2 aromatic heterocycles. The summed E-state index contributed by atoms with van der Waals surface area (Å²) in [5.74, 6) is 5.94. The summed E-state index contributed by atoms with van der Waals surface area (Å²) in [5, 5.41) is 10.2. The van der Waals surface area contributed by atoms with Gasteiger partial charge in [-0.05, 0) is 21.9 Å². The summed E-state index contributed by atoms with van der Waals surface area (Å²) in [6.07, 6.45) is 6.47. The van der Waals surface area contributed by atoms with Crippen LogP contribution in [-0.2, 0) is 6.42 Å². The first-order valence-electron chi connectivity index (χ1n) is 4.65. The van der Waals surface area contributed by atoms with Gasteiger partial charge in [-0.25, -0.2) is 9.97 Å². The normalized spacial score (nSPS) is 9.56. The topological polar surface area (TPSA) is 67.3 Å². The predicted octanol–water partition coefficient (Wildman–Crippen LogP) is 1.34. The Bertz CT molecular complexity index is 494. The first-order valence-corrected chi connectivity index (χ1v) is 5.45. The van der Waals surface area contributed by atoms with Crippen LogP contribution < -0.4 is 0 Å². The van der Waals surface area contributed by atoms with Crippen LogP contribution >= 0.6 is 15.9 Å². The van der Waals surface area contributed by atoms with E-state index in [0.29, 0.717) is 10.3 Å². The lowest BCUT2D eigenvalue weighted by atomic mass is 10.2. The lowest BCUT2D eigenvalue weighted by Gasteiger charge is -1.89. The highest BCUT2D eigenvalue weighted by atomic mass is 79.9. The Morgan fingerprint density at radius 1 is 1.25 bits per heavy atom. The second-order valence-corrected chi connectivity index (χ2v) is 3.80. The molecule has 0 fully saturated rings. The van der Waals surface area contributed by atoms with Crippen molar-refractivity contribution in [2.24, 2.45) is 0 Å². The van der Waals surface area contributed by atoms with Crippen molar-refractivity contribution >= 4 is 15.9 Å². The van der Waals surface area contributed by atoms with Crippen LogP contribution in [0.5, 0.6) is 0 Å². The number of nitrogens with one attached hydrogen (secondary N) is 1. The maximum atomic E-state index is 4.10. The van der Waals surface area contributed by atoms with E-state index in [1.807, 2.05) is 0 Å². The Morgan fingerprint density at radius 3 is 2.88 bits per heavy atom. The molecule has 0 atom stereocenters. The van der Waals surface area contributed by atoms with Crippen molar-refractivity contribution in [2.45, 2.75) is 12.8 Å². The molecule has 6 heteroatoms. The molecule has 0 saturated heterocycles. The number of hydrogen-bond donors (Lipinski definition) is 1. The van der Waals surface area contributed by atoms with Gasteiger partial charge in [0.1, 0.15) is 10.3 Å². The number of aryl methyl sites for hydroxylation is 1. The Balaban J connectivity index is 1.88. The first-order chi connectivity index (χ1) is 7.84. The molecule has 0 bridgehead atoms. The van der Waals surface area contributed by atoms with Crippen LogP contribution in [0.3, 0.4) is 0 Å². The summed E-state index contributed by atoms with van der Waals surface area (Å²) in [5.41, 5.74) is 1.58. The highest BCUT2D eigenvalue weighted by molar-refractivity contribution is 9.10. The van der Waals surface area contributed by atoms with E-state index in [4.69, 9.17) is 0 Å². The molecule has 2 rings (SSSR count). The Labute approximate surface area is 101 Å². The van der Waals surface area contributed by atoms with Crippen LogP contribution in [0.25, 0.3) is 0 Å². The number of hydrogen-bond acceptors (Lipinski definition) is 4. The summed E-state index contributed by atoms with van der Waals surface area (Å²) in [6.45, 7) is 0. The minimum Gasteiger partial charge on any atom is -0.245 e. The van der Waals surface area contributed by atoms with Gasteiger partial charge >= 0.3 is 0 Å². The number of halogens is 1. The molecule has 2 aromatic rings. The van der Waals surface area contributed by atoms with Gasteiger partial charge < -0.3 is 0 Å². The van der Waals surface area contributed by atoms with Gasteiger partial charge in [-0.1, -0.05) is 5.92 Å². The number of H-pyrrole nitrogens is 1. The lowest BCUT2D eigenvalue weighted by molar-refractivity contribution is 0.890. The maximum Gasteiger partial charge on any atom is 0.131 e. The van der Waals surface area contributed by atoms with Crippen molar-refractivity contribution in [3.05, 3.63) is 34.6 Å². The molecule has 2 heterocycles. The zero-order valence-corrected chi connectivity index (χ0v) is 9.90. The predicted molar refractivity (Wildman–Crippen MR) is 61.3 cm³/mol. The summed E-state index contributed by atoms with van der Waals surface area (Å²) in [7, 11) is 0. The van der Waals surface area contributed by atoms with Crippen molar-refractivity contribution in [1.82, 2.24) is 25.4 Å². The summed E-state index contributed by atoms with van der Waals surface area (Å²) >= 11 is 3.21. The fourth-order valence-electron chi connectivity index (χ4n) is 1.07. The molecule has 5 nitrogen and oxygen atoms in total. The zero-order valence-electron chi connectivity index (χ0n) is 8.31. The fourth-order valence-corrected chi connectivity index (χ4v) is 1.27. The fraction of sp³-hybridized carbons (Fsp3) is 0.200. The lowest BCUT2D eigenvalue weighted by Crippen LogP contribution is -1.86. The van der Waals surface area contributed by atoms with Crippen LogP contribution in [0.2, 0.25) is 0 Å². The molecule has 0 aliphatic rings. The highest BCUT2D eigenvalue weighted by Gasteiger charge is 1.93. The molecule has 80 valence electrons. The third kappa shape index (κ3) is 3.14.